The summed E-state index contributed by atoms with van der Waals surface area (Å²) in [5.74, 6) is 0.530. The molecule has 0 aliphatic rings. The predicted molar refractivity (Wildman–Crippen MR) is 60.7 cm³/mol. The van der Waals surface area contributed by atoms with Crippen LogP contribution >= 0.6 is 0 Å². The Kier molecular flexibility index (Phi) is 4.51. The maximum atomic E-state index is 9.95. The summed E-state index contributed by atoms with van der Waals surface area (Å²) in [6.45, 7) is 4.31. The maximum absolute atomic E-state index is 9.95. The van der Waals surface area contributed by atoms with Gasteiger partial charge in [0, 0.05) is 0 Å². The number of benzene rings is 1. The second-order valence-corrected chi connectivity index (χ2v) is 3.78. The lowest BCUT2D eigenvalue weighted by molar-refractivity contribution is 0.459. The lowest BCUT2D eigenvalue weighted by Crippen LogP contribution is -1.91. The Balaban J connectivity index is 2.78. The van der Waals surface area contributed by atoms with Gasteiger partial charge in [-0.3, -0.25) is 0 Å². The molecule has 1 rings (SSSR count). The van der Waals surface area contributed by atoms with Crippen molar-refractivity contribution in [2.24, 2.45) is 0 Å². The Labute approximate surface area is 86.8 Å². The summed E-state index contributed by atoms with van der Waals surface area (Å²) in [4.78, 5) is 0. The number of rotatable bonds is 5. The van der Waals surface area contributed by atoms with Gasteiger partial charge in [-0.1, -0.05) is 44.9 Å². The second kappa shape index (κ2) is 5.69. The third-order valence-corrected chi connectivity index (χ3v) is 2.52. The van der Waals surface area contributed by atoms with E-state index in [1.54, 1.807) is 0 Å². The molecule has 0 radical (unpaired) electrons. The van der Waals surface area contributed by atoms with E-state index in [0.717, 1.165) is 36.8 Å². The summed E-state index contributed by atoms with van der Waals surface area (Å²) < 4.78 is 0. The van der Waals surface area contributed by atoms with Gasteiger partial charge in [0.15, 0.2) is 0 Å². The molecule has 1 N–H and O–H groups in total. The minimum absolute atomic E-state index is 0.530. The molecule has 0 unspecified atom stereocenters. The quantitative estimate of drug-likeness (QED) is 0.754. The minimum atomic E-state index is 0.530. The standard InChI is InChI=1S/C13H20O/c1-3-5-8-12-10-6-9-11(7-4-2)13(12)14/h6,9-10,14H,3-5,7-8H2,1-2H3. The first kappa shape index (κ1) is 11.1. The number of phenolic OH excluding ortho intramolecular Hbond substituents is 1. The first-order valence-electron chi connectivity index (χ1n) is 5.59. The molecule has 0 saturated carbocycles. The monoisotopic (exact) mass is 192 g/mol. The van der Waals surface area contributed by atoms with E-state index in [1.807, 2.05) is 12.1 Å². The lowest BCUT2D eigenvalue weighted by Gasteiger charge is -2.08. The second-order valence-electron chi connectivity index (χ2n) is 3.78. The average molecular weight is 192 g/mol. The Bertz CT molecular complexity index is 279. The first-order valence-corrected chi connectivity index (χ1v) is 5.59. The minimum Gasteiger partial charge on any atom is -0.507 e. The molecule has 78 valence electrons. The van der Waals surface area contributed by atoms with Crippen molar-refractivity contribution >= 4 is 0 Å². The SMILES string of the molecule is CCCCc1cccc(CCC)c1O. The van der Waals surface area contributed by atoms with Crippen molar-refractivity contribution in [1.29, 1.82) is 0 Å². The predicted octanol–water partition coefficient (Wildman–Crippen LogP) is 3.69. The fourth-order valence-corrected chi connectivity index (χ4v) is 1.68. The molecular weight excluding hydrogens is 172 g/mol. The summed E-state index contributed by atoms with van der Waals surface area (Å²) in [6.07, 6.45) is 5.40. The molecule has 0 aromatic heterocycles. The van der Waals surface area contributed by atoms with Crippen LogP contribution < -0.4 is 0 Å². The third-order valence-electron chi connectivity index (χ3n) is 2.52. The molecule has 1 heteroatoms. The summed E-state index contributed by atoms with van der Waals surface area (Å²) in [5.41, 5.74) is 2.21. The van der Waals surface area contributed by atoms with Gasteiger partial charge in [-0.25, -0.2) is 0 Å². The van der Waals surface area contributed by atoms with E-state index in [1.165, 1.54) is 6.42 Å². The number of para-hydroxylation sites is 1. The molecule has 0 atom stereocenters. The highest BCUT2D eigenvalue weighted by Crippen LogP contribution is 2.24. The van der Waals surface area contributed by atoms with Gasteiger partial charge in [0.05, 0.1) is 0 Å². The van der Waals surface area contributed by atoms with Gasteiger partial charge < -0.3 is 5.11 Å². The number of hydrogen-bond donors (Lipinski definition) is 1. The topological polar surface area (TPSA) is 20.2 Å². The molecule has 0 saturated heterocycles. The van der Waals surface area contributed by atoms with E-state index in [4.69, 9.17) is 0 Å². The van der Waals surface area contributed by atoms with E-state index < -0.39 is 0 Å². The fourth-order valence-electron chi connectivity index (χ4n) is 1.68. The molecule has 0 fully saturated rings. The molecule has 0 aliphatic heterocycles. The fraction of sp³-hybridized carbons (Fsp3) is 0.538. The van der Waals surface area contributed by atoms with Gasteiger partial charge in [-0.2, -0.15) is 0 Å². The zero-order chi connectivity index (χ0) is 10.4. The number of unbranched alkanes of at least 4 members (excludes halogenated alkanes) is 1. The number of hydrogen-bond acceptors (Lipinski definition) is 1. The van der Waals surface area contributed by atoms with Gasteiger partial charge in [0.1, 0.15) is 5.75 Å². The van der Waals surface area contributed by atoms with Crippen LogP contribution in [0.4, 0.5) is 0 Å². The molecule has 0 bridgehead atoms. The van der Waals surface area contributed by atoms with Crippen molar-refractivity contribution in [1.82, 2.24) is 0 Å². The molecule has 1 aromatic rings. The van der Waals surface area contributed by atoms with Crippen molar-refractivity contribution in [3.05, 3.63) is 29.3 Å². The zero-order valence-corrected chi connectivity index (χ0v) is 9.21. The summed E-state index contributed by atoms with van der Waals surface area (Å²) in [6, 6.07) is 6.11. The smallest absolute Gasteiger partial charge is 0.121 e. The largest absolute Gasteiger partial charge is 0.507 e. The summed E-state index contributed by atoms with van der Waals surface area (Å²) in [5, 5.41) is 9.95. The Morgan fingerprint density at radius 2 is 1.64 bits per heavy atom. The van der Waals surface area contributed by atoms with Crippen molar-refractivity contribution in [2.75, 3.05) is 0 Å². The van der Waals surface area contributed by atoms with Crippen LogP contribution in [0.2, 0.25) is 0 Å². The Hall–Kier alpha value is -0.980. The van der Waals surface area contributed by atoms with Gasteiger partial charge >= 0.3 is 0 Å². The highest BCUT2D eigenvalue weighted by Gasteiger charge is 2.04. The molecule has 1 aromatic carbocycles. The van der Waals surface area contributed by atoms with Crippen molar-refractivity contribution in [2.45, 2.75) is 46.0 Å². The number of aromatic hydroxyl groups is 1. The van der Waals surface area contributed by atoms with Gasteiger partial charge in [0.25, 0.3) is 0 Å². The van der Waals surface area contributed by atoms with Crippen LogP contribution in [-0.4, -0.2) is 5.11 Å². The molecule has 14 heavy (non-hydrogen) atoms. The normalized spacial score (nSPS) is 10.4. The van der Waals surface area contributed by atoms with Crippen LogP contribution in [0, 0.1) is 0 Å². The number of phenols is 1. The highest BCUT2D eigenvalue weighted by atomic mass is 16.3. The molecule has 0 aliphatic carbocycles. The van der Waals surface area contributed by atoms with E-state index in [0.29, 0.717) is 5.75 Å². The van der Waals surface area contributed by atoms with E-state index in [2.05, 4.69) is 19.9 Å². The first-order chi connectivity index (χ1) is 6.79. The van der Waals surface area contributed by atoms with Crippen LogP contribution in [0.3, 0.4) is 0 Å². The van der Waals surface area contributed by atoms with Crippen molar-refractivity contribution < 1.29 is 5.11 Å². The maximum Gasteiger partial charge on any atom is 0.121 e. The summed E-state index contributed by atoms with van der Waals surface area (Å²) in [7, 11) is 0. The average Bonchev–Trinajstić information content (AvgIpc) is 2.20. The molecule has 0 heterocycles. The molecule has 0 amide bonds. The molecule has 0 spiro atoms. The van der Waals surface area contributed by atoms with Crippen LogP contribution in [0.5, 0.6) is 5.75 Å². The van der Waals surface area contributed by atoms with Gasteiger partial charge in [0.2, 0.25) is 0 Å². The van der Waals surface area contributed by atoms with Gasteiger partial charge in [-0.15, -0.1) is 0 Å². The highest BCUT2D eigenvalue weighted by molar-refractivity contribution is 5.40. The van der Waals surface area contributed by atoms with Crippen LogP contribution in [-0.2, 0) is 12.8 Å². The zero-order valence-electron chi connectivity index (χ0n) is 9.21. The van der Waals surface area contributed by atoms with Gasteiger partial charge in [-0.05, 0) is 30.4 Å². The van der Waals surface area contributed by atoms with E-state index >= 15 is 0 Å². The van der Waals surface area contributed by atoms with E-state index in [-0.39, 0.29) is 0 Å². The Morgan fingerprint density at radius 1 is 1.00 bits per heavy atom. The number of aryl methyl sites for hydroxylation is 2. The van der Waals surface area contributed by atoms with Crippen molar-refractivity contribution in [3.63, 3.8) is 0 Å². The van der Waals surface area contributed by atoms with Crippen LogP contribution in [0.1, 0.15) is 44.2 Å². The lowest BCUT2D eigenvalue weighted by atomic mass is 10.0. The van der Waals surface area contributed by atoms with Crippen molar-refractivity contribution in [3.8, 4) is 5.75 Å². The summed E-state index contributed by atoms with van der Waals surface area (Å²) >= 11 is 0. The molecule has 1 nitrogen and oxygen atoms in total. The van der Waals surface area contributed by atoms with E-state index in [9.17, 15) is 5.11 Å². The Morgan fingerprint density at radius 3 is 2.21 bits per heavy atom. The molecular formula is C13H20O. The third kappa shape index (κ3) is 2.76. The van der Waals surface area contributed by atoms with Crippen LogP contribution in [0.25, 0.3) is 0 Å². The van der Waals surface area contributed by atoms with Crippen LogP contribution in [0.15, 0.2) is 18.2 Å².